The van der Waals surface area contributed by atoms with Gasteiger partial charge < -0.3 is 0 Å². The highest BCUT2D eigenvalue weighted by atomic mass is 127. The van der Waals surface area contributed by atoms with Crippen molar-refractivity contribution in [2.75, 3.05) is 0 Å². The van der Waals surface area contributed by atoms with E-state index in [4.69, 9.17) is 16.9 Å². The Hall–Kier alpha value is -0.0500. The average molecular weight is 338 g/mol. The molecule has 4 heteroatoms. The number of hydrogen-bond donors (Lipinski definition) is 0. The van der Waals surface area contributed by atoms with Crippen LogP contribution in [0, 0.1) is 14.2 Å². The number of halogens is 2. The van der Waals surface area contributed by atoms with Crippen LogP contribution in [-0.4, -0.2) is 0 Å². The Morgan fingerprint density at radius 3 is 2.86 bits per heavy atom. The summed E-state index contributed by atoms with van der Waals surface area (Å²) in [6, 6.07) is 4.16. The maximum absolute atomic E-state index is 8.90. The molecule has 0 atom stereocenters. The monoisotopic (exact) mass is 337 g/mol. The Morgan fingerprint density at radius 1 is 1.71 bits per heavy atom. The van der Waals surface area contributed by atoms with Crippen molar-refractivity contribution in [2.45, 2.75) is 19.8 Å². The highest BCUT2D eigenvalue weighted by Gasteiger charge is 2.07. The summed E-state index contributed by atoms with van der Waals surface area (Å²) in [6.45, 7) is 2.04. The van der Waals surface area contributed by atoms with E-state index >= 15 is 0 Å². The van der Waals surface area contributed by atoms with E-state index in [0.717, 1.165) is 18.4 Å². The predicted octanol–water partition coefficient (Wildman–Crippen LogP) is 4.63. The summed E-state index contributed by atoms with van der Waals surface area (Å²) in [4.78, 5) is 0. The molecule has 0 aliphatic heterocycles. The smallest absolute Gasteiger partial charge is 0.0962 e. The zero-order valence-corrected chi connectivity index (χ0v) is 11.4. The van der Waals surface area contributed by atoms with Crippen LogP contribution in [0.4, 0.5) is 0 Å². The van der Waals surface area contributed by atoms with Crippen LogP contribution < -0.4 is 0 Å². The Bertz CT molecular complexity index is 389. The Kier molecular flexibility index (Phi) is 4.93. The van der Waals surface area contributed by atoms with Gasteiger partial charge in [0.25, 0.3) is 0 Å². The van der Waals surface area contributed by atoms with Crippen molar-refractivity contribution >= 4 is 50.6 Å². The molecule has 0 unspecified atom stereocenters. The van der Waals surface area contributed by atoms with Gasteiger partial charge in [-0.3, -0.25) is 0 Å². The number of rotatable bonds is 3. The van der Waals surface area contributed by atoms with Crippen molar-refractivity contribution in [3.8, 4) is 6.07 Å². The van der Waals surface area contributed by atoms with Gasteiger partial charge in [-0.25, -0.2) is 0 Å². The first-order valence-corrected chi connectivity index (χ1v) is 6.55. The van der Waals surface area contributed by atoms with Gasteiger partial charge in [0.05, 0.1) is 14.0 Å². The molecule has 0 bridgehead atoms. The second kappa shape index (κ2) is 5.74. The van der Waals surface area contributed by atoms with Gasteiger partial charge in [-0.05, 0) is 35.1 Å². The molecule has 1 nitrogen and oxygen atoms in total. The van der Waals surface area contributed by atoms with Crippen LogP contribution in [0.1, 0.15) is 25.3 Å². The van der Waals surface area contributed by atoms with Gasteiger partial charge in [-0.15, -0.1) is 11.3 Å². The lowest BCUT2D eigenvalue weighted by atomic mass is 10.1. The topological polar surface area (TPSA) is 23.8 Å². The molecule has 0 saturated carbocycles. The summed E-state index contributed by atoms with van der Waals surface area (Å²) in [7, 11) is 0. The normalized spacial score (nSPS) is 12.1. The van der Waals surface area contributed by atoms with Crippen LogP contribution in [0.25, 0.3) is 5.03 Å². The van der Waals surface area contributed by atoms with Gasteiger partial charge in [0.2, 0.25) is 0 Å². The molecule has 0 fully saturated rings. The zero-order valence-electron chi connectivity index (χ0n) is 7.68. The summed E-state index contributed by atoms with van der Waals surface area (Å²) in [6.07, 6.45) is 1.70. The fourth-order valence-corrected chi connectivity index (χ4v) is 2.71. The lowest BCUT2D eigenvalue weighted by molar-refractivity contribution is 0.933. The molecule has 1 aromatic heterocycles. The third-order valence-corrected chi connectivity index (χ3v) is 3.96. The molecule has 0 aromatic carbocycles. The fourth-order valence-electron chi connectivity index (χ4n) is 1.06. The Balaban J connectivity index is 3.02. The van der Waals surface area contributed by atoms with Gasteiger partial charge in [-0.2, -0.15) is 5.26 Å². The molecule has 74 valence electrons. The van der Waals surface area contributed by atoms with Crippen LogP contribution in [0.15, 0.2) is 17.0 Å². The molecule has 0 N–H and O–H groups in total. The van der Waals surface area contributed by atoms with E-state index < -0.39 is 0 Å². The summed E-state index contributed by atoms with van der Waals surface area (Å²) < 4.78 is 1.18. The van der Waals surface area contributed by atoms with Gasteiger partial charge in [-0.1, -0.05) is 24.9 Å². The van der Waals surface area contributed by atoms with E-state index in [2.05, 4.69) is 28.7 Å². The second-order valence-electron chi connectivity index (χ2n) is 2.79. The molecule has 0 spiro atoms. The van der Waals surface area contributed by atoms with Crippen LogP contribution in [0.3, 0.4) is 0 Å². The molecule has 1 rings (SSSR count). The summed E-state index contributed by atoms with van der Waals surface area (Å²) >= 11 is 10.0. The highest BCUT2D eigenvalue weighted by molar-refractivity contribution is 14.1. The molecule has 14 heavy (non-hydrogen) atoms. The Labute approximate surface area is 107 Å². The fraction of sp³-hybridized carbons (Fsp3) is 0.300. The van der Waals surface area contributed by atoms with Gasteiger partial charge in [0.1, 0.15) is 0 Å². The first-order valence-electron chi connectivity index (χ1n) is 4.22. The maximum Gasteiger partial charge on any atom is 0.0962 e. The first kappa shape index (κ1) is 12.0. The quantitative estimate of drug-likeness (QED) is 0.583. The van der Waals surface area contributed by atoms with E-state index in [1.807, 2.05) is 18.4 Å². The summed E-state index contributed by atoms with van der Waals surface area (Å²) in [5.41, 5.74) is 1.65. The van der Waals surface area contributed by atoms with Crippen molar-refractivity contribution in [1.82, 2.24) is 0 Å². The molecule has 0 aliphatic rings. The molecule has 0 radical (unpaired) electrons. The zero-order chi connectivity index (χ0) is 10.6. The van der Waals surface area contributed by atoms with Crippen molar-refractivity contribution in [3.63, 3.8) is 0 Å². The van der Waals surface area contributed by atoms with Crippen LogP contribution in [0.2, 0.25) is 0 Å². The average Bonchev–Trinajstić information content (AvgIpc) is 2.60. The minimum atomic E-state index is 0.605. The number of allylic oxidation sites excluding steroid dienone is 1. The SMILES string of the molecule is CCCC(C#N)=C(Cl)c1csc(I)c1. The van der Waals surface area contributed by atoms with Gasteiger partial charge >= 0.3 is 0 Å². The molecule has 0 saturated heterocycles. The van der Waals surface area contributed by atoms with Crippen molar-refractivity contribution in [2.24, 2.45) is 0 Å². The molecular formula is C10H9ClINS. The number of nitrogens with zero attached hydrogens (tertiary/aromatic N) is 1. The van der Waals surface area contributed by atoms with Crippen LogP contribution in [-0.2, 0) is 0 Å². The summed E-state index contributed by atoms with van der Waals surface area (Å²) in [5, 5.41) is 11.5. The molecule has 1 heterocycles. The minimum Gasteiger partial charge on any atom is -0.193 e. The third-order valence-electron chi connectivity index (χ3n) is 1.72. The van der Waals surface area contributed by atoms with E-state index in [1.54, 1.807) is 11.3 Å². The third kappa shape index (κ3) is 2.97. The van der Waals surface area contributed by atoms with Crippen molar-refractivity contribution in [1.29, 1.82) is 5.26 Å². The molecule has 1 aromatic rings. The van der Waals surface area contributed by atoms with Crippen LogP contribution >= 0.6 is 45.5 Å². The minimum absolute atomic E-state index is 0.605. The first-order chi connectivity index (χ1) is 6.69. The number of thiophene rings is 1. The van der Waals surface area contributed by atoms with E-state index in [9.17, 15) is 0 Å². The predicted molar refractivity (Wildman–Crippen MR) is 70.3 cm³/mol. The molecular weight excluding hydrogens is 329 g/mol. The number of hydrogen-bond acceptors (Lipinski definition) is 2. The lowest BCUT2D eigenvalue weighted by Gasteiger charge is -1.99. The summed E-state index contributed by atoms with van der Waals surface area (Å²) in [5.74, 6) is 0. The van der Waals surface area contributed by atoms with Gasteiger partial charge in [0, 0.05) is 16.5 Å². The van der Waals surface area contributed by atoms with E-state index in [-0.39, 0.29) is 0 Å². The largest absolute Gasteiger partial charge is 0.193 e. The highest BCUT2D eigenvalue weighted by Crippen LogP contribution is 2.29. The lowest BCUT2D eigenvalue weighted by Crippen LogP contribution is -1.82. The standard InChI is InChI=1S/C10H9ClINS/c1-2-3-7(5-13)10(11)8-4-9(12)14-6-8/h4,6H,2-3H2,1H3. The van der Waals surface area contributed by atoms with E-state index in [0.29, 0.717) is 10.6 Å². The van der Waals surface area contributed by atoms with Crippen LogP contribution in [0.5, 0.6) is 0 Å². The van der Waals surface area contributed by atoms with Crippen molar-refractivity contribution < 1.29 is 0 Å². The Morgan fingerprint density at radius 2 is 2.43 bits per heavy atom. The van der Waals surface area contributed by atoms with E-state index in [1.165, 1.54) is 2.88 Å². The second-order valence-corrected chi connectivity index (χ2v) is 5.98. The molecule has 0 amide bonds. The number of nitriles is 1. The van der Waals surface area contributed by atoms with Crippen molar-refractivity contribution in [3.05, 3.63) is 25.5 Å². The molecule has 0 aliphatic carbocycles. The maximum atomic E-state index is 8.90. The van der Waals surface area contributed by atoms with Gasteiger partial charge in [0.15, 0.2) is 0 Å².